The molecule has 0 fully saturated rings. The molecule has 9 heteroatoms. The number of para-hydroxylation sites is 1. The van der Waals surface area contributed by atoms with Crippen molar-refractivity contribution < 1.29 is 19.1 Å². The Balaban J connectivity index is 1.77. The van der Waals surface area contributed by atoms with Gasteiger partial charge in [-0.05, 0) is 18.6 Å². The highest BCUT2D eigenvalue weighted by atomic mass is 16.5. The monoisotopic (exact) mass is 374 g/mol. The van der Waals surface area contributed by atoms with Crippen LogP contribution in [0.5, 0.6) is 0 Å². The van der Waals surface area contributed by atoms with Crippen LogP contribution in [0.4, 0.5) is 0 Å². The molecule has 27 heavy (non-hydrogen) atoms. The number of carbonyl (C=O) groups is 3. The van der Waals surface area contributed by atoms with E-state index in [0.29, 0.717) is 29.6 Å². The first kappa shape index (κ1) is 20.1. The second-order valence-corrected chi connectivity index (χ2v) is 5.97. The lowest BCUT2D eigenvalue weighted by atomic mass is 10.2. The number of amides is 2. The summed E-state index contributed by atoms with van der Waals surface area (Å²) in [7, 11) is 2.92. The van der Waals surface area contributed by atoms with Crippen LogP contribution in [-0.4, -0.2) is 59.9 Å². The van der Waals surface area contributed by atoms with E-state index in [1.165, 1.54) is 19.0 Å². The topological polar surface area (TPSA) is 121 Å². The lowest BCUT2D eigenvalue weighted by Gasteiger charge is -2.15. The predicted molar refractivity (Wildman–Crippen MR) is 98.0 cm³/mol. The number of benzene rings is 1. The Bertz CT molecular complexity index is 893. The molecule has 1 aromatic carbocycles. The molecule has 0 spiro atoms. The maximum Gasteiger partial charge on any atom is 0.306 e. The molecule has 0 atom stereocenters. The maximum absolute atomic E-state index is 12.0. The van der Waals surface area contributed by atoms with Gasteiger partial charge in [0, 0.05) is 26.9 Å². The summed E-state index contributed by atoms with van der Waals surface area (Å²) in [6.07, 6.45) is 0.908. The van der Waals surface area contributed by atoms with Gasteiger partial charge in [-0.15, -0.1) is 0 Å². The minimum atomic E-state index is -0.528. The first-order chi connectivity index (χ1) is 12.9. The highest BCUT2D eigenvalue weighted by Crippen LogP contribution is 2.07. The summed E-state index contributed by atoms with van der Waals surface area (Å²) in [5, 5.41) is 2.92. The fourth-order valence-corrected chi connectivity index (χ4v) is 2.36. The number of hydrogen-bond donors (Lipinski definition) is 2. The number of fused-ring (bicyclic) bond motifs is 1. The fourth-order valence-electron chi connectivity index (χ4n) is 2.36. The highest BCUT2D eigenvalue weighted by molar-refractivity contribution is 5.86. The minimum Gasteiger partial charge on any atom is -0.456 e. The van der Waals surface area contributed by atoms with E-state index in [1.54, 1.807) is 24.3 Å². The number of carbonyl (C=O) groups excluding carboxylic acids is 3. The molecule has 0 bridgehead atoms. The molecule has 0 radical (unpaired) electrons. The van der Waals surface area contributed by atoms with Crippen LogP contribution in [0.25, 0.3) is 10.9 Å². The van der Waals surface area contributed by atoms with Gasteiger partial charge in [-0.3, -0.25) is 19.2 Å². The lowest BCUT2D eigenvalue weighted by molar-refractivity contribution is -0.152. The number of esters is 1. The first-order valence-electron chi connectivity index (χ1n) is 8.49. The second kappa shape index (κ2) is 9.46. The van der Waals surface area contributed by atoms with Gasteiger partial charge in [-0.25, -0.2) is 4.98 Å². The Morgan fingerprint density at radius 1 is 1.26 bits per heavy atom. The average Bonchev–Trinajstić information content (AvgIpc) is 2.66. The number of rotatable bonds is 8. The summed E-state index contributed by atoms with van der Waals surface area (Å²) in [4.78, 5) is 54.9. The van der Waals surface area contributed by atoms with Crippen LogP contribution in [0.1, 0.15) is 18.7 Å². The molecule has 0 aliphatic carbocycles. The van der Waals surface area contributed by atoms with Crippen LogP contribution in [0.3, 0.4) is 0 Å². The van der Waals surface area contributed by atoms with Gasteiger partial charge in [-0.2, -0.15) is 0 Å². The smallest absolute Gasteiger partial charge is 0.306 e. The second-order valence-electron chi connectivity index (χ2n) is 5.97. The molecule has 0 aliphatic heterocycles. The highest BCUT2D eigenvalue weighted by Gasteiger charge is 2.14. The number of aromatic nitrogens is 2. The number of hydrogen-bond acceptors (Lipinski definition) is 6. The minimum absolute atomic E-state index is 0.0863. The van der Waals surface area contributed by atoms with Crippen molar-refractivity contribution in [3.63, 3.8) is 0 Å². The summed E-state index contributed by atoms with van der Waals surface area (Å²) in [6, 6.07) is 7.01. The van der Waals surface area contributed by atoms with Crippen LogP contribution < -0.4 is 10.9 Å². The van der Waals surface area contributed by atoms with Crippen molar-refractivity contribution in [2.75, 3.05) is 27.2 Å². The molecular formula is C18H22N4O5. The van der Waals surface area contributed by atoms with Gasteiger partial charge in [0.25, 0.3) is 11.5 Å². The van der Waals surface area contributed by atoms with Crippen LogP contribution in [0.15, 0.2) is 29.1 Å². The summed E-state index contributed by atoms with van der Waals surface area (Å²) in [5.74, 6) is -0.811. The number of nitrogens with one attached hydrogen (secondary N) is 2. The number of H-pyrrole nitrogens is 1. The zero-order valence-electron chi connectivity index (χ0n) is 15.3. The Hall–Kier alpha value is -3.23. The summed E-state index contributed by atoms with van der Waals surface area (Å²) >= 11 is 0. The average molecular weight is 374 g/mol. The van der Waals surface area contributed by atoms with E-state index in [0.717, 1.165) is 0 Å². The third-order valence-corrected chi connectivity index (χ3v) is 3.90. The number of aromatic amines is 1. The van der Waals surface area contributed by atoms with Gasteiger partial charge in [-0.1, -0.05) is 12.1 Å². The van der Waals surface area contributed by atoms with E-state index >= 15 is 0 Å². The van der Waals surface area contributed by atoms with Crippen molar-refractivity contribution in [3.8, 4) is 0 Å². The zero-order chi connectivity index (χ0) is 19.8. The third-order valence-electron chi connectivity index (χ3n) is 3.90. The predicted octanol–water partition coefficient (Wildman–Crippen LogP) is -0.00660. The summed E-state index contributed by atoms with van der Waals surface area (Å²) < 4.78 is 4.92. The largest absolute Gasteiger partial charge is 0.456 e. The molecular weight excluding hydrogens is 352 g/mol. The van der Waals surface area contributed by atoms with E-state index in [1.807, 2.05) is 0 Å². The SMILES string of the molecule is CNC(=O)CN(C)C(=O)COC(=O)CCCc1nc2ccccc2c(=O)[nH]1. The first-order valence-corrected chi connectivity index (χ1v) is 8.49. The fraction of sp³-hybridized carbons (Fsp3) is 0.389. The zero-order valence-corrected chi connectivity index (χ0v) is 15.3. The van der Waals surface area contributed by atoms with Crippen molar-refractivity contribution in [3.05, 3.63) is 40.4 Å². The number of likely N-dealkylation sites (N-methyl/N-ethyl adjacent to an activating group) is 2. The van der Waals surface area contributed by atoms with E-state index in [4.69, 9.17) is 4.74 Å². The van der Waals surface area contributed by atoms with Crippen LogP contribution in [-0.2, 0) is 25.5 Å². The Kier molecular flexibility index (Phi) is 7.04. The van der Waals surface area contributed by atoms with Crippen molar-refractivity contribution in [2.24, 2.45) is 0 Å². The lowest BCUT2D eigenvalue weighted by Crippen LogP contribution is -2.39. The molecule has 2 N–H and O–H groups in total. The van der Waals surface area contributed by atoms with Crippen LogP contribution in [0, 0.1) is 0 Å². The summed E-state index contributed by atoms with van der Waals surface area (Å²) in [5.41, 5.74) is 0.381. The molecule has 1 heterocycles. The van der Waals surface area contributed by atoms with Gasteiger partial charge in [0.05, 0.1) is 17.4 Å². The third kappa shape index (κ3) is 5.91. The number of ether oxygens (including phenoxy) is 1. The van der Waals surface area contributed by atoms with Gasteiger partial charge in [0.2, 0.25) is 5.91 Å². The van der Waals surface area contributed by atoms with Crippen molar-refractivity contribution in [1.29, 1.82) is 0 Å². The van der Waals surface area contributed by atoms with E-state index in [9.17, 15) is 19.2 Å². The Morgan fingerprint density at radius 2 is 2.00 bits per heavy atom. The van der Waals surface area contributed by atoms with Gasteiger partial charge < -0.3 is 19.9 Å². The molecule has 0 unspecified atom stereocenters. The molecule has 1 aromatic heterocycles. The molecule has 9 nitrogen and oxygen atoms in total. The van der Waals surface area contributed by atoms with E-state index in [-0.39, 0.29) is 24.4 Å². The standard InChI is InChI=1S/C18H22N4O5/c1-19-15(23)10-22(2)16(24)11-27-17(25)9-5-8-14-20-13-7-4-3-6-12(13)18(26)21-14/h3-4,6-7H,5,8-11H2,1-2H3,(H,19,23)(H,20,21,26). The maximum atomic E-state index is 12.0. The molecule has 2 rings (SSSR count). The molecule has 2 aromatic rings. The van der Waals surface area contributed by atoms with Crippen LogP contribution >= 0.6 is 0 Å². The molecule has 0 saturated carbocycles. The number of nitrogens with zero attached hydrogens (tertiary/aromatic N) is 2. The molecule has 144 valence electrons. The van der Waals surface area contributed by atoms with Gasteiger partial charge in [0.1, 0.15) is 5.82 Å². The van der Waals surface area contributed by atoms with Crippen LogP contribution in [0.2, 0.25) is 0 Å². The van der Waals surface area contributed by atoms with Gasteiger partial charge in [0.15, 0.2) is 6.61 Å². The summed E-state index contributed by atoms with van der Waals surface area (Å²) in [6.45, 7) is -0.523. The number of aryl methyl sites for hydroxylation is 1. The van der Waals surface area contributed by atoms with Crippen molar-refractivity contribution in [2.45, 2.75) is 19.3 Å². The van der Waals surface area contributed by atoms with E-state index < -0.39 is 18.5 Å². The Morgan fingerprint density at radius 3 is 2.74 bits per heavy atom. The van der Waals surface area contributed by atoms with Gasteiger partial charge >= 0.3 is 5.97 Å². The molecule has 0 saturated heterocycles. The van der Waals surface area contributed by atoms with Crippen molar-refractivity contribution >= 4 is 28.7 Å². The quantitative estimate of drug-likeness (QED) is 0.627. The molecule has 2 amide bonds. The molecule has 0 aliphatic rings. The van der Waals surface area contributed by atoms with Crippen molar-refractivity contribution in [1.82, 2.24) is 20.2 Å². The van der Waals surface area contributed by atoms with E-state index in [2.05, 4.69) is 15.3 Å². The normalized spacial score (nSPS) is 10.4. The Labute approximate surface area is 155 Å².